The third kappa shape index (κ3) is 2.16. The summed E-state index contributed by atoms with van der Waals surface area (Å²) in [7, 11) is -0.330. The molecular weight excluding hydrogens is 233 g/mol. The molecule has 0 saturated carbocycles. The van der Waals surface area contributed by atoms with E-state index in [9.17, 15) is 0 Å². The van der Waals surface area contributed by atoms with Crippen molar-refractivity contribution in [3.8, 4) is 0 Å². The van der Waals surface area contributed by atoms with Gasteiger partial charge in [-0.15, -0.1) is 11.3 Å². The Morgan fingerprint density at radius 1 is 1.18 bits per heavy atom. The van der Waals surface area contributed by atoms with E-state index in [-0.39, 0.29) is 18.3 Å². The van der Waals surface area contributed by atoms with Crippen molar-refractivity contribution in [1.82, 2.24) is 4.98 Å². The second-order valence-corrected chi connectivity index (χ2v) is 6.73. The first-order chi connectivity index (χ1) is 7.74. The fourth-order valence-corrected chi connectivity index (χ4v) is 2.65. The molecule has 3 nitrogen and oxygen atoms in total. The lowest BCUT2D eigenvalue weighted by Gasteiger charge is -2.32. The molecule has 0 bridgehead atoms. The molecule has 0 unspecified atom stereocenters. The SMILES string of the molecule is CC(C)c1scnc1B1OC(C)(C)C(C)(C)O1. The van der Waals surface area contributed by atoms with Crippen LogP contribution in [0.4, 0.5) is 0 Å². The molecular formula is C12H20BNO2S. The van der Waals surface area contributed by atoms with E-state index in [1.54, 1.807) is 11.3 Å². The fourth-order valence-electron chi connectivity index (χ4n) is 1.83. The van der Waals surface area contributed by atoms with Crippen molar-refractivity contribution in [1.29, 1.82) is 0 Å². The van der Waals surface area contributed by atoms with Gasteiger partial charge in [0.05, 0.1) is 22.3 Å². The third-order valence-electron chi connectivity index (χ3n) is 3.62. The topological polar surface area (TPSA) is 31.4 Å². The maximum atomic E-state index is 6.02. The molecule has 17 heavy (non-hydrogen) atoms. The van der Waals surface area contributed by atoms with Gasteiger partial charge in [0.15, 0.2) is 0 Å². The fraction of sp³-hybridized carbons (Fsp3) is 0.750. The molecule has 1 aromatic rings. The molecule has 94 valence electrons. The van der Waals surface area contributed by atoms with Crippen molar-refractivity contribution in [3.05, 3.63) is 10.4 Å². The van der Waals surface area contributed by atoms with Crippen LogP contribution >= 0.6 is 11.3 Å². The standard InChI is InChI=1S/C12H20BNO2S/c1-8(2)9-10(14-7-17-9)13-15-11(3,4)12(5,6)16-13/h7-8H,1-6H3. The van der Waals surface area contributed by atoms with Gasteiger partial charge in [0.2, 0.25) is 0 Å². The van der Waals surface area contributed by atoms with Crippen LogP contribution < -0.4 is 5.59 Å². The predicted octanol–water partition coefficient (Wildman–Crippen LogP) is 2.57. The van der Waals surface area contributed by atoms with Crippen LogP contribution in [0.15, 0.2) is 5.51 Å². The van der Waals surface area contributed by atoms with E-state index in [1.165, 1.54) is 4.88 Å². The van der Waals surface area contributed by atoms with Gasteiger partial charge in [0.1, 0.15) is 0 Å². The van der Waals surface area contributed by atoms with Gasteiger partial charge in [0.25, 0.3) is 0 Å². The van der Waals surface area contributed by atoms with Gasteiger partial charge in [0, 0.05) is 4.88 Å². The Morgan fingerprint density at radius 2 is 1.71 bits per heavy atom. The summed E-state index contributed by atoms with van der Waals surface area (Å²) in [6.07, 6.45) is 0. The summed E-state index contributed by atoms with van der Waals surface area (Å²) in [5.74, 6) is 0.455. The van der Waals surface area contributed by atoms with Crippen LogP contribution in [0.3, 0.4) is 0 Å². The minimum absolute atomic E-state index is 0.296. The molecule has 1 aliphatic heterocycles. The summed E-state index contributed by atoms with van der Waals surface area (Å²) in [5, 5.41) is 0. The van der Waals surface area contributed by atoms with E-state index in [0.717, 1.165) is 5.59 Å². The summed E-state index contributed by atoms with van der Waals surface area (Å²) in [6.45, 7) is 12.6. The Labute approximate surface area is 108 Å². The van der Waals surface area contributed by atoms with Crippen molar-refractivity contribution in [2.75, 3.05) is 0 Å². The molecule has 0 radical (unpaired) electrons. The highest BCUT2D eigenvalue weighted by Gasteiger charge is 2.53. The van der Waals surface area contributed by atoms with Gasteiger partial charge < -0.3 is 9.31 Å². The molecule has 2 rings (SSSR count). The van der Waals surface area contributed by atoms with Crippen LogP contribution in [0.25, 0.3) is 0 Å². The molecule has 0 spiro atoms. The van der Waals surface area contributed by atoms with Crippen LogP contribution in [0.5, 0.6) is 0 Å². The summed E-state index contributed by atoms with van der Waals surface area (Å²) in [6, 6.07) is 0. The Kier molecular flexibility index (Phi) is 3.13. The average molecular weight is 253 g/mol. The highest BCUT2D eigenvalue weighted by molar-refractivity contribution is 7.11. The second-order valence-electron chi connectivity index (χ2n) is 5.84. The van der Waals surface area contributed by atoms with Crippen LogP contribution in [0.2, 0.25) is 0 Å². The second kappa shape index (κ2) is 4.07. The highest BCUT2D eigenvalue weighted by Crippen LogP contribution is 2.37. The summed E-state index contributed by atoms with van der Waals surface area (Å²) in [5.41, 5.74) is 2.23. The van der Waals surface area contributed by atoms with Crippen LogP contribution in [-0.2, 0) is 9.31 Å². The van der Waals surface area contributed by atoms with Crippen molar-refractivity contribution in [2.24, 2.45) is 0 Å². The van der Waals surface area contributed by atoms with Crippen LogP contribution in [-0.4, -0.2) is 23.3 Å². The molecule has 1 fully saturated rings. The number of thiazole rings is 1. The Morgan fingerprint density at radius 3 is 2.18 bits per heavy atom. The minimum atomic E-state index is -0.330. The van der Waals surface area contributed by atoms with Gasteiger partial charge >= 0.3 is 7.12 Å². The molecule has 2 heterocycles. The summed E-state index contributed by atoms with van der Waals surface area (Å²) >= 11 is 1.67. The summed E-state index contributed by atoms with van der Waals surface area (Å²) < 4.78 is 12.0. The molecule has 0 aromatic carbocycles. The zero-order valence-electron chi connectivity index (χ0n) is 11.4. The first kappa shape index (κ1) is 13.1. The normalized spacial score (nSPS) is 22.4. The third-order valence-corrected chi connectivity index (χ3v) is 4.77. The Hall–Kier alpha value is -0.385. The zero-order chi connectivity index (χ0) is 12.8. The number of hydrogen-bond donors (Lipinski definition) is 0. The molecule has 0 aliphatic carbocycles. The average Bonchev–Trinajstić information content (AvgIpc) is 2.69. The van der Waals surface area contributed by atoms with Crippen molar-refractivity contribution >= 4 is 24.0 Å². The predicted molar refractivity (Wildman–Crippen MR) is 71.9 cm³/mol. The van der Waals surface area contributed by atoms with Crippen molar-refractivity contribution in [3.63, 3.8) is 0 Å². The molecule has 1 aromatic heterocycles. The zero-order valence-corrected chi connectivity index (χ0v) is 12.2. The molecule has 0 atom stereocenters. The lowest BCUT2D eigenvalue weighted by atomic mass is 9.82. The van der Waals surface area contributed by atoms with Gasteiger partial charge in [-0.2, -0.15) is 0 Å². The number of nitrogens with zero attached hydrogens (tertiary/aromatic N) is 1. The molecule has 0 N–H and O–H groups in total. The number of aromatic nitrogens is 1. The molecule has 1 aliphatic rings. The lowest BCUT2D eigenvalue weighted by molar-refractivity contribution is 0.00578. The first-order valence-electron chi connectivity index (χ1n) is 6.03. The first-order valence-corrected chi connectivity index (χ1v) is 6.91. The Balaban J connectivity index is 2.29. The Bertz CT molecular complexity index is 398. The highest BCUT2D eigenvalue weighted by atomic mass is 32.1. The van der Waals surface area contributed by atoms with Crippen molar-refractivity contribution < 1.29 is 9.31 Å². The van der Waals surface area contributed by atoms with Gasteiger partial charge in [-0.25, -0.2) is 0 Å². The van der Waals surface area contributed by atoms with E-state index in [4.69, 9.17) is 9.31 Å². The minimum Gasteiger partial charge on any atom is -0.398 e. The van der Waals surface area contributed by atoms with Crippen LogP contribution in [0, 0.1) is 0 Å². The largest absolute Gasteiger partial charge is 0.515 e. The van der Waals surface area contributed by atoms with Crippen molar-refractivity contribution in [2.45, 2.75) is 58.7 Å². The number of hydrogen-bond acceptors (Lipinski definition) is 4. The van der Waals surface area contributed by atoms with E-state index in [1.807, 2.05) is 5.51 Å². The maximum Gasteiger partial charge on any atom is 0.515 e. The smallest absolute Gasteiger partial charge is 0.398 e. The quantitative estimate of drug-likeness (QED) is 0.759. The monoisotopic (exact) mass is 253 g/mol. The van der Waals surface area contributed by atoms with Gasteiger partial charge in [-0.3, -0.25) is 4.98 Å². The molecule has 5 heteroatoms. The molecule has 0 amide bonds. The molecule has 1 saturated heterocycles. The summed E-state index contributed by atoms with van der Waals surface area (Å²) in [4.78, 5) is 5.67. The van der Waals surface area contributed by atoms with E-state index in [2.05, 4.69) is 46.5 Å². The number of rotatable bonds is 2. The van der Waals surface area contributed by atoms with Crippen LogP contribution in [0.1, 0.15) is 52.3 Å². The van der Waals surface area contributed by atoms with E-state index >= 15 is 0 Å². The lowest BCUT2D eigenvalue weighted by Crippen LogP contribution is -2.41. The van der Waals surface area contributed by atoms with Gasteiger partial charge in [-0.1, -0.05) is 13.8 Å². The van der Waals surface area contributed by atoms with Gasteiger partial charge in [-0.05, 0) is 33.6 Å². The van der Waals surface area contributed by atoms with E-state index in [0.29, 0.717) is 5.92 Å². The maximum absolute atomic E-state index is 6.02. The van der Waals surface area contributed by atoms with E-state index < -0.39 is 0 Å².